The molecule has 0 spiro atoms. The minimum Gasteiger partial charge on any atom is -0.493 e. The van der Waals surface area contributed by atoms with Crippen molar-refractivity contribution in [3.05, 3.63) is 82.0 Å². The lowest BCUT2D eigenvalue weighted by Gasteiger charge is -2.37. The maximum absolute atomic E-state index is 13.6. The molecule has 2 heterocycles. The van der Waals surface area contributed by atoms with E-state index in [0.29, 0.717) is 37.8 Å². The van der Waals surface area contributed by atoms with Crippen LogP contribution in [0.1, 0.15) is 35.4 Å². The second-order valence-electron chi connectivity index (χ2n) is 9.50. The molecule has 1 aliphatic heterocycles. The first kappa shape index (κ1) is 28.1. The number of benzene rings is 2. The van der Waals surface area contributed by atoms with Gasteiger partial charge in [0.2, 0.25) is 5.91 Å². The third-order valence-corrected chi connectivity index (χ3v) is 7.67. The highest BCUT2D eigenvalue weighted by atomic mass is 32.1. The number of thiophene rings is 1. The second kappa shape index (κ2) is 14.3. The maximum Gasteiger partial charge on any atom is 0.237 e. The lowest BCUT2D eigenvalue weighted by molar-refractivity contribution is -0.136. The van der Waals surface area contributed by atoms with Gasteiger partial charge >= 0.3 is 0 Å². The van der Waals surface area contributed by atoms with Crippen molar-refractivity contribution < 1.29 is 24.1 Å². The van der Waals surface area contributed by atoms with E-state index in [1.165, 1.54) is 4.88 Å². The number of aliphatic hydroxyl groups excluding tert-OH is 1. The first-order chi connectivity index (χ1) is 18.6. The van der Waals surface area contributed by atoms with Crippen molar-refractivity contribution in [2.75, 3.05) is 46.5 Å². The Labute approximate surface area is 229 Å². The van der Waals surface area contributed by atoms with E-state index in [1.54, 1.807) is 18.4 Å². The van der Waals surface area contributed by atoms with Gasteiger partial charge in [0.25, 0.3) is 0 Å². The van der Waals surface area contributed by atoms with Gasteiger partial charge in [-0.3, -0.25) is 9.69 Å². The van der Waals surface area contributed by atoms with Gasteiger partial charge in [0, 0.05) is 18.0 Å². The van der Waals surface area contributed by atoms with Crippen molar-refractivity contribution in [3.63, 3.8) is 0 Å². The smallest absolute Gasteiger partial charge is 0.237 e. The molecule has 1 aliphatic rings. The number of amides is 1. The van der Waals surface area contributed by atoms with Crippen LogP contribution in [0.4, 0.5) is 0 Å². The summed E-state index contributed by atoms with van der Waals surface area (Å²) < 4.78 is 17.4. The van der Waals surface area contributed by atoms with Gasteiger partial charge in [-0.1, -0.05) is 49.4 Å². The summed E-state index contributed by atoms with van der Waals surface area (Å²) in [7, 11) is 1.62. The van der Waals surface area contributed by atoms with E-state index in [-0.39, 0.29) is 25.1 Å². The van der Waals surface area contributed by atoms with E-state index >= 15 is 0 Å². The largest absolute Gasteiger partial charge is 0.493 e. The summed E-state index contributed by atoms with van der Waals surface area (Å²) in [6.45, 7) is 5.10. The summed E-state index contributed by atoms with van der Waals surface area (Å²) in [6.07, 6.45) is 1.06. The predicted molar refractivity (Wildman–Crippen MR) is 150 cm³/mol. The van der Waals surface area contributed by atoms with E-state index in [0.717, 1.165) is 30.5 Å². The van der Waals surface area contributed by atoms with Gasteiger partial charge in [-0.2, -0.15) is 0 Å². The molecule has 0 bridgehead atoms. The van der Waals surface area contributed by atoms with Crippen molar-refractivity contribution in [2.24, 2.45) is 0 Å². The van der Waals surface area contributed by atoms with E-state index in [4.69, 9.17) is 14.2 Å². The number of hydrogen-bond donors (Lipinski definition) is 1. The van der Waals surface area contributed by atoms with Crippen LogP contribution in [-0.4, -0.2) is 73.4 Å². The Morgan fingerprint density at radius 1 is 1.13 bits per heavy atom. The Morgan fingerprint density at radius 2 is 1.89 bits per heavy atom. The van der Waals surface area contributed by atoms with Gasteiger partial charge < -0.3 is 24.2 Å². The fourth-order valence-corrected chi connectivity index (χ4v) is 5.78. The summed E-state index contributed by atoms with van der Waals surface area (Å²) in [6, 6.07) is 19.4. The predicted octanol–water partition coefficient (Wildman–Crippen LogP) is 4.55. The quantitative estimate of drug-likeness (QED) is 0.325. The normalized spacial score (nSPS) is 15.8. The van der Waals surface area contributed by atoms with Gasteiger partial charge in [-0.05, 0) is 54.1 Å². The fourth-order valence-electron chi connectivity index (χ4n) is 4.85. The van der Waals surface area contributed by atoms with Crippen LogP contribution < -0.4 is 9.47 Å². The van der Waals surface area contributed by atoms with E-state index in [2.05, 4.69) is 18.4 Å². The van der Waals surface area contributed by atoms with Crippen LogP contribution in [0.3, 0.4) is 0 Å². The van der Waals surface area contributed by atoms with Crippen LogP contribution in [-0.2, 0) is 22.6 Å². The Balaban J connectivity index is 1.37. The zero-order valence-electron chi connectivity index (χ0n) is 22.3. The van der Waals surface area contributed by atoms with Crippen molar-refractivity contribution in [3.8, 4) is 11.5 Å². The van der Waals surface area contributed by atoms with Gasteiger partial charge in [0.15, 0.2) is 11.5 Å². The average Bonchev–Trinajstić information content (AvgIpc) is 3.42. The molecule has 0 radical (unpaired) electrons. The van der Waals surface area contributed by atoms with Crippen LogP contribution >= 0.6 is 11.3 Å². The number of aliphatic hydroxyl groups is 1. The summed E-state index contributed by atoms with van der Waals surface area (Å²) >= 11 is 1.73. The SMILES string of the molecule is CCCN(CC(=O)N1CCc2sccc2C1COc1ccccc1OC)CC(O)COCc1ccccc1. The molecule has 0 fully saturated rings. The molecule has 2 atom stereocenters. The number of nitrogens with zero attached hydrogens (tertiary/aromatic N) is 2. The molecule has 2 aromatic carbocycles. The van der Waals surface area contributed by atoms with Gasteiger partial charge in [-0.25, -0.2) is 0 Å². The fraction of sp³-hybridized carbons (Fsp3) is 0.433. The lowest BCUT2D eigenvalue weighted by Crippen LogP contribution is -2.48. The molecular formula is C30H38N2O5S. The Hall–Kier alpha value is -2.91. The van der Waals surface area contributed by atoms with Crippen LogP contribution in [0.25, 0.3) is 0 Å². The Kier molecular flexibility index (Phi) is 10.6. The zero-order chi connectivity index (χ0) is 26.7. The van der Waals surface area contributed by atoms with Crippen molar-refractivity contribution in [2.45, 2.75) is 38.5 Å². The number of fused-ring (bicyclic) bond motifs is 1. The molecule has 2 unspecified atom stereocenters. The molecule has 204 valence electrons. The minimum absolute atomic E-state index is 0.0429. The number of carbonyl (C=O) groups is 1. The van der Waals surface area contributed by atoms with Crippen molar-refractivity contribution >= 4 is 17.2 Å². The molecular weight excluding hydrogens is 500 g/mol. The summed E-state index contributed by atoms with van der Waals surface area (Å²) in [5.74, 6) is 1.38. The second-order valence-corrected chi connectivity index (χ2v) is 10.5. The number of carbonyl (C=O) groups excluding carboxylic acids is 1. The number of para-hydroxylation sites is 2. The standard InChI is InChI=1S/C30H38N2O5S/c1-3-15-31(18-24(33)21-36-20-23-9-5-4-6-10-23)19-30(34)32-16-13-29-25(14-17-38-29)26(32)22-37-28-12-8-7-11-27(28)35-2/h4-12,14,17,24,26,33H,3,13,15-16,18-22H2,1-2H3. The number of ether oxygens (including phenoxy) is 3. The highest BCUT2D eigenvalue weighted by Gasteiger charge is 2.33. The summed E-state index contributed by atoms with van der Waals surface area (Å²) in [5, 5.41) is 12.7. The molecule has 7 nitrogen and oxygen atoms in total. The molecule has 1 aromatic heterocycles. The minimum atomic E-state index is -0.674. The van der Waals surface area contributed by atoms with Gasteiger partial charge in [0.05, 0.1) is 39.0 Å². The third kappa shape index (κ3) is 7.57. The first-order valence-corrected chi connectivity index (χ1v) is 14.1. The molecule has 1 N–H and O–H groups in total. The number of methoxy groups -OCH3 is 1. The van der Waals surface area contributed by atoms with E-state index < -0.39 is 6.10 Å². The Morgan fingerprint density at radius 3 is 2.66 bits per heavy atom. The molecule has 0 aliphatic carbocycles. The molecule has 4 rings (SSSR count). The first-order valence-electron chi connectivity index (χ1n) is 13.2. The third-order valence-electron chi connectivity index (χ3n) is 6.67. The highest BCUT2D eigenvalue weighted by Crippen LogP contribution is 2.35. The average molecular weight is 539 g/mol. The van der Waals surface area contributed by atoms with Crippen molar-refractivity contribution in [1.29, 1.82) is 0 Å². The molecule has 38 heavy (non-hydrogen) atoms. The summed E-state index contributed by atoms with van der Waals surface area (Å²) in [4.78, 5) is 18.9. The summed E-state index contributed by atoms with van der Waals surface area (Å²) in [5.41, 5.74) is 2.22. The molecule has 0 saturated heterocycles. The monoisotopic (exact) mass is 538 g/mol. The number of rotatable bonds is 14. The van der Waals surface area contributed by atoms with Gasteiger partial charge in [0.1, 0.15) is 6.61 Å². The van der Waals surface area contributed by atoms with Crippen LogP contribution in [0, 0.1) is 0 Å². The van der Waals surface area contributed by atoms with Crippen molar-refractivity contribution in [1.82, 2.24) is 9.80 Å². The molecule has 3 aromatic rings. The molecule has 1 amide bonds. The topological polar surface area (TPSA) is 71.5 Å². The van der Waals surface area contributed by atoms with Crippen LogP contribution in [0.2, 0.25) is 0 Å². The number of hydrogen-bond acceptors (Lipinski definition) is 7. The lowest BCUT2D eigenvalue weighted by atomic mass is 10.0. The highest BCUT2D eigenvalue weighted by molar-refractivity contribution is 7.10. The maximum atomic E-state index is 13.6. The van der Waals surface area contributed by atoms with Crippen LogP contribution in [0.15, 0.2) is 66.0 Å². The Bertz CT molecular complexity index is 1140. The molecule has 0 saturated carbocycles. The van der Waals surface area contributed by atoms with E-state index in [9.17, 15) is 9.90 Å². The molecule has 8 heteroatoms. The van der Waals surface area contributed by atoms with Crippen LogP contribution in [0.5, 0.6) is 11.5 Å². The van der Waals surface area contributed by atoms with Gasteiger partial charge in [-0.15, -0.1) is 11.3 Å². The van der Waals surface area contributed by atoms with E-state index in [1.807, 2.05) is 64.4 Å². The zero-order valence-corrected chi connectivity index (χ0v) is 23.1.